The lowest BCUT2D eigenvalue weighted by atomic mass is 10.1. The van der Waals surface area contributed by atoms with Gasteiger partial charge in [-0.15, -0.1) is 0 Å². The number of aromatic nitrogens is 2. The Morgan fingerprint density at radius 1 is 1.24 bits per heavy atom. The van der Waals surface area contributed by atoms with E-state index in [9.17, 15) is 13.2 Å². The lowest BCUT2D eigenvalue weighted by Gasteiger charge is -2.16. The van der Waals surface area contributed by atoms with E-state index in [1.54, 1.807) is 0 Å². The van der Waals surface area contributed by atoms with E-state index in [2.05, 4.69) is 31.2 Å². The van der Waals surface area contributed by atoms with E-state index in [4.69, 9.17) is 5.73 Å². The van der Waals surface area contributed by atoms with Crippen LogP contribution in [0.3, 0.4) is 0 Å². The molecule has 8 heteroatoms. The monoisotopic (exact) mass is 360 g/mol. The van der Waals surface area contributed by atoms with Crippen LogP contribution in [-0.4, -0.2) is 9.97 Å². The SMILES string of the molecule is CC(Nc1cc(C(F)(F)F)nc(N)n1)c1cccc(Br)c1. The maximum Gasteiger partial charge on any atom is 0.433 e. The highest BCUT2D eigenvalue weighted by molar-refractivity contribution is 9.10. The molecule has 1 unspecified atom stereocenters. The summed E-state index contributed by atoms with van der Waals surface area (Å²) in [6.07, 6.45) is -4.56. The second-order valence-corrected chi connectivity index (χ2v) is 5.33. The minimum absolute atomic E-state index is 0.0299. The van der Waals surface area contributed by atoms with Crippen LogP contribution >= 0.6 is 15.9 Å². The normalized spacial score (nSPS) is 13.0. The zero-order chi connectivity index (χ0) is 15.6. The fourth-order valence-corrected chi connectivity index (χ4v) is 2.18. The third-order valence-electron chi connectivity index (χ3n) is 2.75. The summed E-state index contributed by atoms with van der Waals surface area (Å²) in [4.78, 5) is 6.97. The van der Waals surface area contributed by atoms with Crippen LogP contribution in [0, 0.1) is 0 Å². The van der Waals surface area contributed by atoms with Crippen molar-refractivity contribution in [1.82, 2.24) is 9.97 Å². The number of rotatable bonds is 3. The molecule has 1 aromatic heterocycles. The summed E-state index contributed by atoms with van der Waals surface area (Å²) < 4.78 is 38.9. The molecule has 0 aliphatic carbocycles. The fourth-order valence-electron chi connectivity index (χ4n) is 1.77. The van der Waals surface area contributed by atoms with Crippen molar-refractivity contribution >= 4 is 27.7 Å². The van der Waals surface area contributed by atoms with Gasteiger partial charge in [0, 0.05) is 16.6 Å². The Kier molecular flexibility index (Phi) is 4.36. The standard InChI is InChI=1S/C13H12BrF3N4/c1-7(8-3-2-4-9(14)5-8)19-11-6-10(13(15,16)17)20-12(18)21-11/h2-7H,1H3,(H3,18,19,20,21). The van der Waals surface area contributed by atoms with Crippen molar-refractivity contribution < 1.29 is 13.2 Å². The number of benzene rings is 1. The molecule has 2 rings (SSSR count). The van der Waals surface area contributed by atoms with Crippen LogP contribution in [-0.2, 0) is 6.18 Å². The Labute approximate surface area is 127 Å². The van der Waals surface area contributed by atoms with E-state index in [-0.39, 0.29) is 11.9 Å². The van der Waals surface area contributed by atoms with Crippen molar-refractivity contribution in [2.45, 2.75) is 19.1 Å². The van der Waals surface area contributed by atoms with Crippen LogP contribution in [0.25, 0.3) is 0 Å². The van der Waals surface area contributed by atoms with E-state index < -0.39 is 17.8 Å². The van der Waals surface area contributed by atoms with Crippen LogP contribution in [0.15, 0.2) is 34.8 Å². The zero-order valence-corrected chi connectivity index (χ0v) is 12.5. The molecule has 0 aliphatic heterocycles. The molecule has 1 aromatic carbocycles. The maximum absolute atomic E-state index is 12.7. The maximum atomic E-state index is 12.7. The second-order valence-electron chi connectivity index (χ2n) is 4.42. The Hall–Kier alpha value is -1.83. The minimum Gasteiger partial charge on any atom is -0.368 e. The molecule has 3 N–H and O–H groups in total. The predicted octanol–water partition coefficient (Wildman–Crippen LogP) is 4.01. The molecule has 0 radical (unpaired) electrons. The summed E-state index contributed by atoms with van der Waals surface area (Å²) in [7, 11) is 0. The summed E-state index contributed by atoms with van der Waals surface area (Å²) in [5.74, 6) is -0.393. The number of hydrogen-bond donors (Lipinski definition) is 2. The number of anilines is 2. The molecule has 0 bridgehead atoms. The van der Waals surface area contributed by atoms with Gasteiger partial charge in [-0.05, 0) is 24.6 Å². The number of nitrogen functional groups attached to an aromatic ring is 1. The van der Waals surface area contributed by atoms with Gasteiger partial charge in [0.05, 0.1) is 0 Å². The van der Waals surface area contributed by atoms with Crippen molar-refractivity contribution in [2.75, 3.05) is 11.1 Å². The van der Waals surface area contributed by atoms with Gasteiger partial charge in [-0.2, -0.15) is 18.2 Å². The lowest BCUT2D eigenvalue weighted by Crippen LogP contribution is -2.14. The third kappa shape index (κ3) is 4.07. The van der Waals surface area contributed by atoms with Gasteiger partial charge >= 0.3 is 6.18 Å². The van der Waals surface area contributed by atoms with Crippen molar-refractivity contribution in [3.8, 4) is 0 Å². The van der Waals surface area contributed by atoms with Gasteiger partial charge in [-0.3, -0.25) is 0 Å². The molecule has 0 fully saturated rings. The summed E-state index contributed by atoms with van der Waals surface area (Å²) in [5, 5.41) is 2.89. The highest BCUT2D eigenvalue weighted by atomic mass is 79.9. The molecule has 0 amide bonds. The molecular weight excluding hydrogens is 349 g/mol. The van der Waals surface area contributed by atoms with Gasteiger partial charge in [0.25, 0.3) is 0 Å². The van der Waals surface area contributed by atoms with Gasteiger partial charge in [0.15, 0.2) is 5.69 Å². The molecule has 0 saturated carbocycles. The first-order chi connectivity index (χ1) is 9.75. The van der Waals surface area contributed by atoms with Crippen molar-refractivity contribution in [1.29, 1.82) is 0 Å². The fraction of sp³-hybridized carbons (Fsp3) is 0.231. The molecule has 4 nitrogen and oxygen atoms in total. The molecule has 2 aromatic rings. The zero-order valence-electron chi connectivity index (χ0n) is 10.9. The summed E-state index contributed by atoms with van der Waals surface area (Å²) in [6.45, 7) is 1.81. The summed E-state index contributed by atoms with van der Waals surface area (Å²) in [6, 6.07) is 8.03. The van der Waals surface area contributed by atoms with E-state index in [1.807, 2.05) is 31.2 Å². The van der Waals surface area contributed by atoms with Crippen molar-refractivity contribution in [2.24, 2.45) is 0 Å². The van der Waals surface area contributed by atoms with E-state index in [1.165, 1.54) is 0 Å². The smallest absolute Gasteiger partial charge is 0.368 e. The minimum atomic E-state index is -4.56. The predicted molar refractivity (Wildman–Crippen MR) is 77.6 cm³/mol. The highest BCUT2D eigenvalue weighted by Gasteiger charge is 2.33. The Morgan fingerprint density at radius 3 is 2.57 bits per heavy atom. The molecule has 0 aliphatic rings. The Morgan fingerprint density at radius 2 is 1.95 bits per heavy atom. The number of alkyl halides is 3. The number of nitrogens with two attached hydrogens (primary N) is 1. The van der Waals surface area contributed by atoms with Gasteiger partial charge in [0.2, 0.25) is 5.95 Å². The molecule has 1 heterocycles. The van der Waals surface area contributed by atoms with Crippen LogP contribution in [0.5, 0.6) is 0 Å². The third-order valence-corrected chi connectivity index (χ3v) is 3.24. The van der Waals surface area contributed by atoms with E-state index >= 15 is 0 Å². The number of nitrogens with one attached hydrogen (secondary N) is 1. The molecule has 112 valence electrons. The van der Waals surface area contributed by atoms with E-state index in [0.717, 1.165) is 16.1 Å². The molecule has 1 atom stereocenters. The molecular formula is C13H12BrF3N4. The number of nitrogens with zero attached hydrogens (tertiary/aromatic N) is 2. The quantitative estimate of drug-likeness (QED) is 0.867. The van der Waals surface area contributed by atoms with E-state index in [0.29, 0.717) is 0 Å². The van der Waals surface area contributed by atoms with Crippen molar-refractivity contribution in [3.63, 3.8) is 0 Å². The van der Waals surface area contributed by atoms with Gasteiger partial charge in [-0.25, -0.2) is 4.98 Å². The number of hydrogen-bond acceptors (Lipinski definition) is 4. The van der Waals surface area contributed by atoms with Crippen LogP contribution in [0.1, 0.15) is 24.2 Å². The molecule has 0 spiro atoms. The number of halogens is 4. The van der Waals surface area contributed by atoms with Gasteiger partial charge < -0.3 is 11.1 Å². The summed E-state index contributed by atoms with van der Waals surface area (Å²) >= 11 is 3.34. The first-order valence-corrected chi connectivity index (χ1v) is 6.79. The van der Waals surface area contributed by atoms with Crippen molar-refractivity contribution in [3.05, 3.63) is 46.1 Å². The van der Waals surface area contributed by atoms with Gasteiger partial charge in [0.1, 0.15) is 5.82 Å². The largest absolute Gasteiger partial charge is 0.433 e. The Balaban J connectivity index is 2.25. The summed E-state index contributed by atoms with van der Waals surface area (Å²) in [5.41, 5.74) is 5.15. The topological polar surface area (TPSA) is 63.8 Å². The van der Waals surface area contributed by atoms with Crippen LogP contribution < -0.4 is 11.1 Å². The highest BCUT2D eigenvalue weighted by Crippen LogP contribution is 2.30. The average Bonchev–Trinajstić information content (AvgIpc) is 2.37. The lowest BCUT2D eigenvalue weighted by molar-refractivity contribution is -0.141. The van der Waals surface area contributed by atoms with Gasteiger partial charge in [-0.1, -0.05) is 28.1 Å². The Bertz CT molecular complexity index is 646. The van der Waals surface area contributed by atoms with Crippen LogP contribution in [0.4, 0.5) is 24.9 Å². The molecule has 21 heavy (non-hydrogen) atoms. The average molecular weight is 361 g/mol. The molecule has 0 saturated heterocycles. The first-order valence-electron chi connectivity index (χ1n) is 5.99. The second kappa shape index (κ2) is 5.88. The first kappa shape index (κ1) is 15.6. The van der Waals surface area contributed by atoms with Crippen LogP contribution in [0.2, 0.25) is 0 Å².